The van der Waals surface area contributed by atoms with E-state index in [-0.39, 0.29) is 21.7 Å². The normalized spacial score (nSPS) is 11.8. The summed E-state index contributed by atoms with van der Waals surface area (Å²) in [7, 11) is 1.54. The molecule has 25 heavy (non-hydrogen) atoms. The predicted molar refractivity (Wildman–Crippen MR) is 96.5 cm³/mol. The molecule has 0 heterocycles. The maximum absolute atomic E-state index is 13.6. The highest BCUT2D eigenvalue weighted by Crippen LogP contribution is 2.31. The Bertz CT molecular complexity index is 783. The number of amides is 1. The van der Waals surface area contributed by atoms with Crippen LogP contribution in [0.15, 0.2) is 30.3 Å². The van der Waals surface area contributed by atoms with Crippen molar-refractivity contribution in [3.8, 4) is 11.5 Å². The standard InChI is InChI=1S/C18H18Cl2FNO3/c1-4-25-16-6-5-11(7-17(16)24-3)10(2)22-18(23)12-8-15(21)14(20)9-13(12)19/h5-10H,4H2,1-3H3,(H,22,23). The van der Waals surface area contributed by atoms with Gasteiger partial charge in [-0.2, -0.15) is 0 Å². The summed E-state index contributed by atoms with van der Waals surface area (Å²) < 4.78 is 24.4. The van der Waals surface area contributed by atoms with Crippen molar-refractivity contribution in [3.63, 3.8) is 0 Å². The van der Waals surface area contributed by atoms with E-state index >= 15 is 0 Å². The second kappa shape index (κ2) is 8.41. The molecule has 0 aliphatic carbocycles. The van der Waals surface area contributed by atoms with Gasteiger partial charge in [-0.05, 0) is 43.7 Å². The van der Waals surface area contributed by atoms with Crippen molar-refractivity contribution in [1.82, 2.24) is 5.32 Å². The number of halogens is 3. The molecule has 0 spiro atoms. The molecular weight excluding hydrogens is 368 g/mol. The van der Waals surface area contributed by atoms with E-state index in [2.05, 4.69) is 5.32 Å². The van der Waals surface area contributed by atoms with Gasteiger partial charge in [-0.3, -0.25) is 4.79 Å². The molecule has 7 heteroatoms. The minimum Gasteiger partial charge on any atom is -0.493 e. The summed E-state index contributed by atoms with van der Waals surface area (Å²) in [5, 5.41) is 2.72. The van der Waals surface area contributed by atoms with E-state index in [0.717, 1.165) is 11.6 Å². The van der Waals surface area contributed by atoms with Crippen molar-refractivity contribution in [2.45, 2.75) is 19.9 Å². The minimum absolute atomic E-state index is 0.0216. The summed E-state index contributed by atoms with van der Waals surface area (Å²) in [4.78, 5) is 12.4. The van der Waals surface area contributed by atoms with Crippen molar-refractivity contribution in [2.75, 3.05) is 13.7 Å². The van der Waals surface area contributed by atoms with Crippen LogP contribution in [0.3, 0.4) is 0 Å². The third kappa shape index (κ3) is 4.55. The summed E-state index contributed by atoms with van der Waals surface area (Å²) >= 11 is 11.6. The van der Waals surface area contributed by atoms with Crippen LogP contribution in [0.25, 0.3) is 0 Å². The van der Waals surface area contributed by atoms with Crippen molar-refractivity contribution in [1.29, 1.82) is 0 Å². The molecule has 0 saturated heterocycles. The zero-order valence-electron chi connectivity index (χ0n) is 14.0. The van der Waals surface area contributed by atoms with Crippen LogP contribution in [-0.2, 0) is 0 Å². The Balaban J connectivity index is 2.20. The molecule has 4 nitrogen and oxygen atoms in total. The zero-order valence-corrected chi connectivity index (χ0v) is 15.5. The number of carbonyl (C=O) groups excluding carboxylic acids is 1. The van der Waals surface area contributed by atoms with Gasteiger partial charge in [0.2, 0.25) is 0 Å². The molecular formula is C18H18Cl2FNO3. The van der Waals surface area contributed by atoms with Gasteiger partial charge in [0, 0.05) is 0 Å². The molecule has 0 aliphatic rings. The Morgan fingerprint density at radius 2 is 1.92 bits per heavy atom. The highest BCUT2D eigenvalue weighted by Gasteiger charge is 2.18. The molecule has 2 aromatic carbocycles. The summed E-state index contributed by atoms with van der Waals surface area (Å²) in [6.45, 7) is 4.20. The first-order valence-electron chi connectivity index (χ1n) is 7.63. The van der Waals surface area contributed by atoms with Crippen LogP contribution in [0.4, 0.5) is 4.39 Å². The molecule has 1 N–H and O–H groups in total. The van der Waals surface area contributed by atoms with Crippen LogP contribution in [-0.4, -0.2) is 19.6 Å². The van der Waals surface area contributed by atoms with Crippen molar-refractivity contribution in [2.24, 2.45) is 0 Å². The SMILES string of the molecule is CCOc1ccc(C(C)NC(=O)c2cc(F)c(Cl)cc2Cl)cc1OC. The topological polar surface area (TPSA) is 47.6 Å². The molecule has 2 rings (SSSR count). The summed E-state index contributed by atoms with van der Waals surface area (Å²) in [5.74, 6) is -0.0152. The fourth-order valence-corrected chi connectivity index (χ4v) is 2.75. The van der Waals surface area contributed by atoms with Crippen LogP contribution >= 0.6 is 23.2 Å². The monoisotopic (exact) mass is 385 g/mol. The minimum atomic E-state index is -0.702. The highest BCUT2D eigenvalue weighted by molar-refractivity contribution is 6.36. The van der Waals surface area contributed by atoms with Gasteiger partial charge in [0.05, 0.1) is 35.4 Å². The summed E-state index contributed by atoms with van der Waals surface area (Å²) in [6.07, 6.45) is 0. The Kier molecular flexibility index (Phi) is 6.51. The molecule has 0 bridgehead atoms. The van der Waals surface area contributed by atoms with E-state index in [4.69, 9.17) is 32.7 Å². The molecule has 2 aromatic rings. The molecule has 134 valence electrons. The second-order valence-electron chi connectivity index (χ2n) is 5.28. The largest absolute Gasteiger partial charge is 0.493 e. The quantitative estimate of drug-likeness (QED) is 0.709. The third-order valence-corrected chi connectivity index (χ3v) is 4.19. The number of methoxy groups -OCH3 is 1. The Morgan fingerprint density at radius 1 is 1.20 bits per heavy atom. The fourth-order valence-electron chi connectivity index (χ4n) is 2.28. The Morgan fingerprint density at radius 3 is 2.56 bits per heavy atom. The van der Waals surface area contributed by atoms with Gasteiger partial charge in [0.1, 0.15) is 5.82 Å². The smallest absolute Gasteiger partial charge is 0.253 e. The number of rotatable bonds is 6. The lowest BCUT2D eigenvalue weighted by Gasteiger charge is -2.17. The second-order valence-corrected chi connectivity index (χ2v) is 6.10. The molecule has 0 aromatic heterocycles. The van der Waals surface area contributed by atoms with E-state index in [1.165, 1.54) is 6.07 Å². The predicted octanol–water partition coefficient (Wildman–Crippen LogP) is 5.03. The lowest BCUT2D eigenvalue weighted by Crippen LogP contribution is -2.27. The maximum Gasteiger partial charge on any atom is 0.253 e. The molecule has 1 atom stereocenters. The van der Waals surface area contributed by atoms with E-state index in [1.54, 1.807) is 26.2 Å². The van der Waals surface area contributed by atoms with Gasteiger partial charge >= 0.3 is 0 Å². The van der Waals surface area contributed by atoms with Gasteiger partial charge < -0.3 is 14.8 Å². The first kappa shape index (κ1) is 19.3. The molecule has 1 amide bonds. The Hall–Kier alpha value is -1.98. The average Bonchev–Trinajstić information content (AvgIpc) is 2.58. The van der Waals surface area contributed by atoms with Gasteiger partial charge in [0.15, 0.2) is 11.5 Å². The molecule has 0 saturated carbocycles. The fraction of sp³-hybridized carbons (Fsp3) is 0.278. The highest BCUT2D eigenvalue weighted by atomic mass is 35.5. The van der Waals surface area contributed by atoms with E-state index in [9.17, 15) is 9.18 Å². The van der Waals surface area contributed by atoms with E-state index in [1.807, 2.05) is 13.0 Å². The molecule has 1 unspecified atom stereocenters. The first-order valence-corrected chi connectivity index (χ1v) is 8.39. The van der Waals surface area contributed by atoms with Crippen LogP contribution < -0.4 is 14.8 Å². The number of ether oxygens (including phenoxy) is 2. The number of benzene rings is 2. The lowest BCUT2D eigenvalue weighted by atomic mass is 10.1. The average molecular weight is 386 g/mol. The number of nitrogens with one attached hydrogen (secondary N) is 1. The van der Waals surface area contributed by atoms with Crippen LogP contribution in [0, 0.1) is 5.82 Å². The summed E-state index contributed by atoms with van der Waals surface area (Å²) in [5.41, 5.74) is 0.826. The van der Waals surface area contributed by atoms with Crippen LogP contribution in [0.1, 0.15) is 35.8 Å². The molecule has 0 aliphatic heterocycles. The Labute approximate surface area is 155 Å². The number of hydrogen-bond acceptors (Lipinski definition) is 3. The summed E-state index contributed by atoms with van der Waals surface area (Å²) in [6, 6.07) is 7.24. The van der Waals surface area contributed by atoms with Gasteiger partial charge in [-0.15, -0.1) is 0 Å². The van der Waals surface area contributed by atoms with E-state index < -0.39 is 11.7 Å². The third-order valence-electron chi connectivity index (χ3n) is 3.59. The molecule has 0 fully saturated rings. The first-order chi connectivity index (χ1) is 11.9. The lowest BCUT2D eigenvalue weighted by molar-refractivity contribution is 0.0939. The van der Waals surface area contributed by atoms with Crippen molar-refractivity contribution < 1.29 is 18.7 Å². The van der Waals surface area contributed by atoms with Gasteiger partial charge in [-0.1, -0.05) is 29.3 Å². The van der Waals surface area contributed by atoms with Crippen molar-refractivity contribution in [3.05, 3.63) is 57.3 Å². The van der Waals surface area contributed by atoms with Crippen molar-refractivity contribution >= 4 is 29.1 Å². The number of carbonyl (C=O) groups is 1. The zero-order chi connectivity index (χ0) is 18.6. The maximum atomic E-state index is 13.6. The van der Waals surface area contributed by atoms with Crippen LogP contribution in [0.2, 0.25) is 10.0 Å². The van der Waals surface area contributed by atoms with Crippen LogP contribution in [0.5, 0.6) is 11.5 Å². The molecule has 0 radical (unpaired) electrons. The number of hydrogen-bond donors (Lipinski definition) is 1. The van der Waals surface area contributed by atoms with Gasteiger partial charge in [0.25, 0.3) is 5.91 Å². The van der Waals surface area contributed by atoms with E-state index in [0.29, 0.717) is 18.1 Å². The van der Waals surface area contributed by atoms with Gasteiger partial charge in [-0.25, -0.2) is 4.39 Å².